The van der Waals surface area contributed by atoms with E-state index in [1.807, 2.05) is 18.2 Å². The number of fused-ring (bicyclic) bond motifs is 1. The summed E-state index contributed by atoms with van der Waals surface area (Å²) in [7, 11) is 1.53. The third-order valence-corrected chi connectivity index (χ3v) is 4.50. The predicted octanol–water partition coefficient (Wildman–Crippen LogP) is 4.83. The lowest BCUT2D eigenvalue weighted by Gasteiger charge is -2.08. The summed E-state index contributed by atoms with van der Waals surface area (Å²) in [6, 6.07) is 21.7. The Balaban J connectivity index is 1.85. The van der Waals surface area contributed by atoms with E-state index < -0.39 is 10.8 Å². The van der Waals surface area contributed by atoms with Crippen LogP contribution in [0.1, 0.15) is 10.4 Å². The number of methoxy groups -OCH3 is 1. The molecule has 1 amide bonds. The Kier molecular flexibility index (Phi) is 5.44. The molecule has 1 N–H and O–H groups in total. The van der Waals surface area contributed by atoms with Crippen molar-refractivity contribution in [3.63, 3.8) is 0 Å². The maximum Gasteiger partial charge on any atom is 0.270 e. The SMILES string of the molecule is COc1cccc(NC(=O)c2cc3cc([N+](=O)[O-])ccc3oc2=Nc2ccccc2)c1. The Morgan fingerprint density at radius 3 is 2.58 bits per heavy atom. The van der Waals surface area contributed by atoms with Gasteiger partial charge in [-0.2, -0.15) is 0 Å². The number of nitrogens with one attached hydrogen (secondary N) is 1. The topological polar surface area (TPSA) is 107 Å². The molecule has 0 fully saturated rings. The van der Waals surface area contributed by atoms with Crippen molar-refractivity contribution >= 4 is 33.9 Å². The maximum atomic E-state index is 13.1. The average molecular weight is 415 g/mol. The number of nitro groups is 1. The van der Waals surface area contributed by atoms with E-state index in [-0.39, 0.29) is 16.8 Å². The van der Waals surface area contributed by atoms with E-state index in [4.69, 9.17) is 9.15 Å². The number of carbonyl (C=O) groups is 1. The van der Waals surface area contributed by atoms with Gasteiger partial charge in [0, 0.05) is 29.3 Å². The Hall–Kier alpha value is -4.46. The van der Waals surface area contributed by atoms with Gasteiger partial charge in [-0.05, 0) is 36.4 Å². The zero-order valence-electron chi connectivity index (χ0n) is 16.4. The Morgan fingerprint density at radius 2 is 1.84 bits per heavy atom. The number of carbonyl (C=O) groups excluding carboxylic acids is 1. The highest BCUT2D eigenvalue weighted by Crippen LogP contribution is 2.22. The van der Waals surface area contributed by atoms with E-state index >= 15 is 0 Å². The van der Waals surface area contributed by atoms with Crippen LogP contribution in [0.15, 0.2) is 88.3 Å². The lowest BCUT2D eigenvalue weighted by Crippen LogP contribution is -2.21. The number of benzene rings is 3. The van der Waals surface area contributed by atoms with Crippen LogP contribution in [0, 0.1) is 10.1 Å². The minimum Gasteiger partial charge on any atom is -0.497 e. The molecule has 1 aromatic heterocycles. The van der Waals surface area contributed by atoms with Gasteiger partial charge in [0.1, 0.15) is 16.9 Å². The lowest BCUT2D eigenvalue weighted by molar-refractivity contribution is -0.384. The van der Waals surface area contributed by atoms with Crippen LogP contribution >= 0.6 is 0 Å². The Labute approximate surface area is 176 Å². The van der Waals surface area contributed by atoms with E-state index in [1.54, 1.807) is 36.4 Å². The van der Waals surface area contributed by atoms with E-state index in [0.29, 0.717) is 28.1 Å². The van der Waals surface area contributed by atoms with Crippen molar-refractivity contribution in [2.75, 3.05) is 12.4 Å². The molecule has 0 saturated carbocycles. The molecule has 0 saturated heterocycles. The molecule has 8 heteroatoms. The normalized spacial score (nSPS) is 11.3. The van der Waals surface area contributed by atoms with E-state index in [9.17, 15) is 14.9 Å². The summed E-state index contributed by atoms with van der Waals surface area (Å²) in [6.45, 7) is 0. The summed E-state index contributed by atoms with van der Waals surface area (Å²) >= 11 is 0. The van der Waals surface area contributed by atoms with Gasteiger partial charge in [0.2, 0.25) is 5.55 Å². The van der Waals surface area contributed by atoms with E-state index in [0.717, 1.165) is 0 Å². The van der Waals surface area contributed by atoms with Gasteiger partial charge >= 0.3 is 0 Å². The van der Waals surface area contributed by atoms with Gasteiger partial charge < -0.3 is 14.5 Å². The van der Waals surface area contributed by atoms with E-state index in [2.05, 4.69) is 10.3 Å². The first-order valence-corrected chi connectivity index (χ1v) is 9.31. The van der Waals surface area contributed by atoms with Crippen LogP contribution in [0.25, 0.3) is 11.0 Å². The summed E-state index contributed by atoms with van der Waals surface area (Å²) < 4.78 is 11.0. The third-order valence-electron chi connectivity index (χ3n) is 4.50. The van der Waals surface area contributed by atoms with Crippen molar-refractivity contribution in [2.24, 2.45) is 4.99 Å². The number of nitrogens with zero attached hydrogens (tertiary/aromatic N) is 2. The highest BCUT2D eigenvalue weighted by molar-refractivity contribution is 6.05. The molecular formula is C23H17N3O5. The largest absolute Gasteiger partial charge is 0.497 e. The first-order chi connectivity index (χ1) is 15.0. The second-order valence-electron chi connectivity index (χ2n) is 6.58. The molecule has 0 bridgehead atoms. The molecule has 0 aliphatic heterocycles. The van der Waals surface area contributed by atoms with Crippen molar-refractivity contribution in [3.05, 3.63) is 100 Å². The van der Waals surface area contributed by atoms with Crippen LogP contribution in [-0.4, -0.2) is 17.9 Å². The molecule has 0 aliphatic carbocycles. The fourth-order valence-corrected chi connectivity index (χ4v) is 3.00. The zero-order chi connectivity index (χ0) is 21.8. The highest BCUT2D eigenvalue weighted by Gasteiger charge is 2.15. The molecular weight excluding hydrogens is 398 g/mol. The number of ether oxygens (including phenoxy) is 1. The lowest BCUT2D eigenvalue weighted by atomic mass is 10.1. The number of nitro benzene ring substituents is 1. The number of para-hydroxylation sites is 1. The second-order valence-corrected chi connectivity index (χ2v) is 6.58. The number of amides is 1. The molecule has 0 radical (unpaired) electrons. The van der Waals surface area contributed by atoms with Gasteiger partial charge in [0.25, 0.3) is 11.6 Å². The van der Waals surface area contributed by atoms with Crippen molar-refractivity contribution < 1.29 is 18.9 Å². The summed E-state index contributed by atoms with van der Waals surface area (Å²) in [5, 5.41) is 14.3. The molecule has 0 unspecified atom stereocenters. The van der Waals surface area contributed by atoms with Crippen LogP contribution in [0.2, 0.25) is 0 Å². The third kappa shape index (κ3) is 4.43. The summed E-state index contributed by atoms with van der Waals surface area (Å²) in [4.78, 5) is 28.2. The van der Waals surface area contributed by atoms with Gasteiger partial charge in [-0.3, -0.25) is 14.9 Å². The molecule has 0 aliphatic rings. The minimum absolute atomic E-state index is 0.0907. The van der Waals surface area contributed by atoms with Crippen LogP contribution in [0.3, 0.4) is 0 Å². The highest BCUT2D eigenvalue weighted by atomic mass is 16.6. The van der Waals surface area contributed by atoms with Gasteiger partial charge in [-0.15, -0.1) is 0 Å². The summed E-state index contributed by atoms with van der Waals surface area (Å²) in [5.74, 6) is 0.117. The smallest absolute Gasteiger partial charge is 0.270 e. The predicted molar refractivity (Wildman–Crippen MR) is 115 cm³/mol. The molecule has 154 valence electrons. The van der Waals surface area contributed by atoms with Crippen molar-refractivity contribution in [3.8, 4) is 5.75 Å². The number of hydrogen-bond acceptors (Lipinski definition) is 6. The molecule has 4 aromatic rings. The molecule has 0 atom stereocenters. The molecule has 31 heavy (non-hydrogen) atoms. The van der Waals surface area contributed by atoms with Crippen LogP contribution in [0.5, 0.6) is 5.75 Å². The number of rotatable bonds is 5. The maximum absolute atomic E-state index is 13.1. The van der Waals surface area contributed by atoms with Crippen molar-refractivity contribution in [1.29, 1.82) is 0 Å². The number of hydrogen-bond donors (Lipinski definition) is 1. The fourth-order valence-electron chi connectivity index (χ4n) is 3.00. The quantitative estimate of drug-likeness (QED) is 0.371. The Morgan fingerprint density at radius 1 is 1.03 bits per heavy atom. The standard InChI is InChI=1S/C23H17N3O5/c1-30-19-9-5-8-17(14-19)24-22(27)20-13-15-12-18(26(28)29)10-11-21(15)31-23(20)25-16-6-3-2-4-7-16/h2-14H,1H3,(H,24,27). The number of anilines is 1. The Bertz CT molecular complexity index is 1350. The molecule has 8 nitrogen and oxygen atoms in total. The van der Waals surface area contributed by atoms with Gasteiger partial charge in [0.15, 0.2) is 0 Å². The van der Waals surface area contributed by atoms with Crippen molar-refractivity contribution in [1.82, 2.24) is 0 Å². The molecule has 4 rings (SSSR count). The van der Waals surface area contributed by atoms with Crippen LogP contribution < -0.4 is 15.6 Å². The molecule has 3 aromatic carbocycles. The monoisotopic (exact) mass is 415 g/mol. The summed E-state index contributed by atoms with van der Waals surface area (Å²) in [5.41, 5.74) is 1.62. The summed E-state index contributed by atoms with van der Waals surface area (Å²) in [6.07, 6.45) is 0. The van der Waals surface area contributed by atoms with E-state index in [1.165, 1.54) is 31.4 Å². The zero-order valence-corrected chi connectivity index (χ0v) is 16.4. The van der Waals surface area contributed by atoms with Crippen molar-refractivity contribution in [2.45, 2.75) is 0 Å². The van der Waals surface area contributed by atoms with Crippen LogP contribution in [0.4, 0.5) is 17.1 Å². The van der Waals surface area contributed by atoms with Gasteiger partial charge in [0.05, 0.1) is 17.7 Å². The first-order valence-electron chi connectivity index (χ1n) is 9.31. The van der Waals surface area contributed by atoms with Crippen LogP contribution in [-0.2, 0) is 0 Å². The fraction of sp³-hybridized carbons (Fsp3) is 0.0435. The van der Waals surface area contributed by atoms with Gasteiger partial charge in [-0.25, -0.2) is 4.99 Å². The number of non-ortho nitro benzene ring substituents is 1. The van der Waals surface area contributed by atoms with Gasteiger partial charge in [-0.1, -0.05) is 24.3 Å². The molecule has 0 spiro atoms. The average Bonchev–Trinajstić information content (AvgIpc) is 2.79. The first kappa shape index (κ1) is 19.8. The minimum atomic E-state index is -0.502. The molecule has 1 heterocycles. The second kappa shape index (κ2) is 8.50.